The van der Waals surface area contributed by atoms with E-state index in [1.165, 1.54) is 38.5 Å². The number of hydrogen-bond acceptors (Lipinski definition) is 3. The maximum absolute atomic E-state index is 11.5. The van der Waals surface area contributed by atoms with E-state index in [9.17, 15) is 9.90 Å². The van der Waals surface area contributed by atoms with Gasteiger partial charge < -0.3 is 14.3 Å². The van der Waals surface area contributed by atoms with E-state index < -0.39 is 12.1 Å². The van der Waals surface area contributed by atoms with Gasteiger partial charge in [0, 0.05) is 5.57 Å². The second-order valence-corrected chi connectivity index (χ2v) is 6.79. The van der Waals surface area contributed by atoms with Gasteiger partial charge in [-0.05, 0) is 26.2 Å². The topological polar surface area (TPSA) is 46.5 Å². The molecule has 4 nitrogen and oxygen atoms in total. The number of aliphatic hydroxyl groups excluding tert-OH is 1. The fraction of sp³-hybridized carbons (Fsp3) is 0.842. The minimum Gasteiger partial charge on any atom is -0.459 e. The van der Waals surface area contributed by atoms with Crippen LogP contribution in [0.4, 0.5) is 0 Å². The first-order chi connectivity index (χ1) is 10.9. The van der Waals surface area contributed by atoms with Crippen molar-refractivity contribution in [3.8, 4) is 0 Å². The average Bonchev–Trinajstić information content (AvgIpc) is 2.53. The van der Waals surface area contributed by atoms with Gasteiger partial charge in [0.25, 0.3) is 0 Å². The lowest BCUT2D eigenvalue weighted by atomic mass is 10.1. The molecule has 0 spiro atoms. The summed E-state index contributed by atoms with van der Waals surface area (Å²) in [7, 11) is 0. The zero-order chi connectivity index (χ0) is 17.7. The van der Waals surface area contributed by atoms with Gasteiger partial charge in [0.1, 0.15) is 19.3 Å². The molecule has 1 atom stereocenters. The van der Waals surface area contributed by atoms with Crippen LogP contribution < -0.4 is 0 Å². The molecule has 0 aromatic carbocycles. The Morgan fingerprint density at radius 1 is 1.04 bits per heavy atom. The zero-order valence-electron chi connectivity index (χ0n) is 15.8. The minimum atomic E-state index is -0.608. The van der Waals surface area contributed by atoms with Crippen molar-refractivity contribution >= 4 is 5.97 Å². The normalized spacial score (nSPS) is 12.9. The first-order valence-electron chi connectivity index (χ1n) is 9.26. The van der Waals surface area contributed by atoms with Crippen molar-refractivity contribution < 1.29 is 19.1 Å². The molecule has 0 bridgehead atoms. The standard InChI is InChI=1S/C19H38NO3/c1-6-9-12-20(13-10-7-2,14-11-8-3)15-18(21)16-23-19(22)17(4)5/h18,21H,4,6-16H2,1-3,5H3/q+1. The second kappa shape index (κ2) is 12.5. The van der Waals surface area contributed by atoms with Gasteiger partial charge in [0.2, 0.25) is 0 Å². The number of carbonyl (C=O) groups excluding carboxylic acids is 1. The van der Waals surface area contributed by atoms with E-state index in [0.717, 1.165) is 24.1 Å². The van der Waals surface area contributed by atoms with Crippen LogP contribution in [0.2, 0.25) is 0 Å². The maximum Gasteiger partial charge on any atom is 0.333 e. The Kier molecular flexibility index (Phi) is 12.1. The van der Waals surface area contributed by atoms with Gasteiger partial charge in [0.05, 0.1) is 19.6 Å². The van der Waals surface area contributed by atoms with Crippen LogP contribution in [-0.4, -0.2) is 54.4 Å². The summed E-state index contributed by atoms with van der Waals surface area (Å²) in [6.07, 6.45) is 6.41. The van der Waals surface area contributed by atoms with Gasteiger partial charge in [0.15, 0.2) is 0 Å². The minimum absolute atomic E-state index is 0.0655. The summed E-state index contributed by atoms with van der Waals surface area (Å²) in [5.41, 5.74) is 0.376. The van der Waals surface area contributed by atoms with Gasteiger partial charge in [-0.1, -0.05) is 46.6 Å². The summed E-state index contributed by atoms with van der Waals surface area (Å²) in [5.74, 6) is -0.419. The molecule has 4 heteroatoms. The predicted octanol–water partition coefficient (Wildman–Crippen LogP) is 3.68. The van der Waals surface area contributed by atoms with Crippen molar-refractivity contribution in [3.05, 3.63) is 12.2 Å². The van der Waals surface area contributed by atoms with Crippen LogP contribution in [0.25, 0.3) is 0 Å². The Labute approximate surface area is 143 Å². The van der Waals surface area contributed by atoms with Crippen LogP contribution >= 0.6 is 0 Å². The quantitative estimate of drug-likeness (QED) is 0.300. The molecule has 136 valence electrons. The molecule has 0 aromatic heterocycles. The Morgan fingerprint density at radius 2 is 1.48 bits per heavy atom. The van der Waals surface area contributed by atoms with E-state index in [-0.39, 0.29) is 6.61 Å². The zero-order valence-corrected chi connectivity index (χ0v) is 15.8. The molecule has 0 amide bonds. The van der Waals surface area contributed by atoms with Gasteiger partial charge in [-0.3, -0.25) is 0 Å². The van der Waals surface area contributed by atoms with Crippen molar-refractivity contribution in [1.29, 1.82) is 0 Å². The van der Waals surface area contributed by atoms with E-state index in [4.69, 9.17) is 4.74 Å². The van der Waals surface area contributed by atoms with Crippen molar-refractivity contribution in [3.63, 3.8) is 0 Å². The molecular weight excluding hydrogens is 290 g/mol. The molecule has 0 aliphatic heterocycles. The van der Waals surface area contributed by atoms with Crippen molar-refractivity contribution in [2.24, 2.45) is 0 Å². The lowest BCUT2D eigenvalue weighted by Crippen LogP contribution is -2.54. The third kappa shape index (κ3) is 9.77. The largest absolute Gasteiger partial charge is 0.459 e. The number of nitrogens with zero attached hydrogens (tertiary/aromatic N) is 1. The molecule has 0 saturated heterocycles. The summed E-state index contributed by atoms with van der Waals surface area (Å²) in [6.45, 7) is 15.8. The summed E-state index contributed by atoms with van der Waals surface area (Å²) < 4.78 is 6.07. The molecule has 0 aromatic rings. The van der Waals surface area contributed by atoms with E-state index in [0.29, 0.717) is 12.1 Å². The van der Waals surface area contributed by atoms with Crippen molar-refractivity contribution in [1.82, 2.24) is 0 Å². The average molecular weight is 329 g/mol. The number of rotatable bonds is 14. The van der Waals surface area contributed by atoms with Gasteiger partial charge in [-0.2, -0.15) is 0 Å². The van der Waals surface area contributed by atoms with Gasteiger partial charge in [-0.15, -0.1) is 0 Å². The molecule has 23 heavy (non-hydrogen) atoms. The third-order valence-electron chi connectivity index (χ3n) is 4.31. The molecule has 0 fully saturated rings. The highest BCUT2D eigenvalue weighted by atomic mass is 16.5. The maximum atomic E-state index is 11.5. The smallest absolute Gasteiger partial charge is 0.333 e. The van der Waals surface area contributed by atoms with E-state index in [1.807, 2.05) is 0 Å². The number of carbonyl (C=O) groups is 1. The molecule has 0 aliphatic carbocycles. The fourth-order valence-corrected chi connectivity index (χ4v) is 2.88. The lowest BCUT2D eigenvalue weighted by Gasteiger charge is -2.40. The van der Waals surface area contributed by atoms with Crippen LogP contribution in [0, 0.1) is 0 Å². The van der Waals surface area contributed by atoms with Gasteiger partial charge in [-0.25, -0.2) is 4.79 Å². The van der Waals surface area contributed by atoms with Crippen LogP contribution in [0.15, 0.2) is 12.2 Å². The number of hydrogen-bond donors (Lipinski definition) is 1. The predicted molar refractivity (Wildman–Crippen MR) is 96.2 cm³/mol. The van der Waals surface area contributed by atoms with Crippen LogP contribution in [-0.2, 0) is 9.53 Å². The Balaban J connectivity index is 4.77. The fourth-order valence-electron chi connectivity index (χ4n) is 2.88. The number of quaternary nitrogens is 1. The Bertz CT molecular complexity index is 320. The highest BCUT2D eigenvalue weighted by molar-refractivity contribution is 5.86. The monoisotopic (exact) mass is 328 g/mol. The number of ether oxygens (including phenoxy) is 1. The van der Waals surface area contributed by atoms with Crippen LogP contribution in [0.1, 0.15) is 66.2 Å². The summed E-state index contributed by atoms with van der Waals surface area (Å²) in [5, 5.41) is 10.4. The molecular formula is C19H38NO3+. The second-order valence-electron chi connectivity index (χ2n) is 6.79. The third-order valence-corrected chi connectivity index (χ3v) is 4.31. The van der Waals surface area contributed by atoms with Crippen LogP contribution in [0.3, 0.4) is 0 Å². The molecule has 1 unspecified atom stereocenters. The van der Waals surface area contributed by atoms with E-state index >= 15 is 0 Å². The highest BCUT2D eigenvalue weighted by Crippen LogP contribution is 2.16. The van der Waals surface area contributed by atoms with Crippen molar-refractivity contribution in [2.75, 3.05) is 32.8 Å². The molecule has 0 heterocycles. The van der Waals surface area contributed by atoms with E-state index in [1.54, 1.807) is 6.92 Å². The first-order valence-corrected chi connectivity index (χ1v) is 9.26. The number of esters is 1. The molecule has 0 radical (unpaired) electrons. The first kappa shape index (κ1) is 22.1. The van der Waals surface area contributed by atoms with Gasteiger partial charge >= 0.3 is 5.97 Å². The highest BCUT2D eigenvalue weighted by Gasteiger charge is 2.29. The Morgan fingerprint density at radius 3 is 1.83 bits per heavy atom. The SMILES string of the molecule is C=C(C)C(=O)OCC(O)C[N+](CCCC)(CCCC)CCCC. The Hall–Kier alpha value is -0.870. The summed E-state index contributed by atoms with van der Waals surface area (Å²) in [4.78, 5) is 11.5. The van der Waals surface area contributed by atoms with Crippen LogP contribution in [0.5, 0.6) is 0 Å². The molecule has 0 aliphatic rings. The van der Waals surface area contributed by atoms with E-state index in [2.05, 4.69) is 27.4 Å². The lowest BCUT2D eigenvalue weighted by molar-refractivity contribution is -0.931. The summed E-state index contributed by atoms with van der Waals surface area (Å²) >= 11 is 0. The number of aliphatic hydroxyl groups is 1. The molecule has 0 rings (SSSR count). The molecule has 1 N–H and O–H groups in total. The van der Waals surface area contributed by atoms with Crippen molar-refractivity contribution in [2.45, 2.75) is 72.3 Å². The summed E-state index contributed by atoms with van der Waals surface area (Å²) in [6, 6.07) is 0. The molecule has 0 saturated carbocycles. The number of unbranched alkanes of at least 4 members (excludes halogenated alkanes) is 3.